The lowest BCUT2D eigenvalue weighted by molar-refractivity contribution is -0.105. The number of carbonyl (C=O) groups excluding carboxylic acids is 1. The van der Waals surface area contributed by atoms with Crippen molar-refractivity contribution < 1.29 is 4.79 Å². The molecule has 1 amide bonds. The molecular weight excluding hydrogens is 302 g/mol. The van der Waals surface area contributed by atoms with Gasteiger partial charge in [-0.1, -0.05) is 32.0 Å². The second-order valence-electron chi connectivity index (χ2n) is 6.39. The van der Waals surface area contributed by atoms with Crippen LogP contribution >= 0.6 is 0 Å². The van der Waals surface area contributed by atoms with Crippen molar-refractivity contribution in [3.8, 4) is 0 Å². The number of amides is 1. The number of aromatic nitrogens is 2. The Morgan fingerprint density at radius 3 is 2.83 bits per heavy atom. The lowest BCUT2D eigenvalue weighted by Crippen LogP contribution is -2.23. The zero-order valence-corrected chi connectivity index (χ0v) is 13.9. The smallest absolute Gasteiger partial charge is 0.274 e. The fraction of sp³-hybridized carbons (Fsp3) is 0.263. The van der Waals surface area contributed by atoms with Crippen molar-refractivity contribution in [1.82, 2.24) is 9.55 Å². The van der Waals surface area contributed by atoms with E-state index >= 15 is 0 Å². The van der Waals surface area contributed by atoms with Crippen LogP contribution in [0.5, 0.6) is 0 Å². The van der Waals surface area contributed by atoms with Gasteiger partial charge in [-0.15, -0.1) is 0 Å². The molecule has 3 rings (SSSR count). The zero-order valence-electron chi connectivity index (χ0n) is 13.9. The average Bonchev–Trinajstić information content (AvgIpc) is 2.95. The monoisotopic (exact) mass is 323 g/mol. The molecule has 2 aromatic heterocycles. The van der Waals surface area contributed by atoms with E-state index in [0.717, 1.165) is 23.0 Å². The maximum absolute atomic E-state index is 12.3. The topological polar surface area (TPSA) is 66.9 Å². The zero-order chi connectivity index (χ0) is 17.1. The summed E-state index contributed by atoms with van der Waals surface area (Å²) in [7, 11) is 0. The Kier molecular flexibility index (Phi) is 4.51. The maximum Gasteiger partial charge on any atom is 0.274 e. The quantitative estimate of drug-likeness (QED) is 0.684. The van der Waals surface area contributed by atoms with Crippen molar-refractivity contribution in [1.29, 1.82) is 0 Å². The molecule has 0 aliphatic rings. The van der Waals surface area contributed by atoms with E-state index in [4.69, 9.17) is 0 Å². The van der Waals surface area contributed by atoms with Gasteiger partial charge >= 0.3 is 0 Å². The van der Waals surface area contributed by atoms with Crippen LogP contribution < -0.4 is 10.9 Å². The standard InChI is InChI=1S/C19H21N3O2/c1-13(2)9-14-5-3-6-15-10-16(21-18(14)15)11-22-8-4-7-17(19(22)24)20-12-23/h3-8,10,12-13,21H,9,11H2,1-2H3,(H,20,23). The van der Waals surface area contributed by atoms with Gasteiger partial charge in [-0.05, 0) is 41.5 Å². The fourth-order valence-electron chi connectivity index (χ4n) is 2.99. The minimum absolute atomic E-state index is 0.217. The second kappa shape index (κ2) is 6.74. The van der Waals surface area contributed by atoms with Gasteiger partial charge in [0.05, 0.1) is 6.54 Å². The summed E-state index contributed by atoms with van der Waals surface area (Å²) in [4.78, 5) is 26.3. The average molecular weight is 323 g/mol. The highest BCUT2D eigenvalue weighted by atomic mass is 16.1. The Bertz CT molecular complexity index is 922. The van der Waals surface area contributed by atoms with Gasteiger partial charge < -0.3 is 14.9 Å². The first-order chi connectivity index (χ1) is 11.6. The molecule has 5 nitrogen and oxygen atoms in total. The summed E-state index contributed by atoms with van der Waals surface area (Å²) >= 11 is 0. The Balaban J connectivity index is 1.95. The number of pyridine rings is 1. The summed E-state index contributed by atoms with van der Waals surface area (Å²) in [6.07, 6.45) is 3.25. The van der Waals surface area contributed by atoms with Gasteiger partial charge in [-0.3, -0.25) is 9.59 Å². The molecule has 0 saturated heterocycles. The van der Waals surface area contributed by atoms with Crippen LogP contribution in [0.25, 0.3) is 10.9 Å². The molecule has 0 bridgehead atoms. The molecule has 3 aromatic rings. The van der Waals surface area contributed by atoms with Crippen LogP contribution in [0.2, 0.25) is 0 Å². The van der Waals surface area contributed by atoms with E-state index in [1.165, 1.54) is 5.56 Å². The van der Waals surface area contributed by atoms with Crippen LogP contribution in [0.3, 0.4) is 0 Å². The Hall–Kier alpha value is -2.82. The molecule has 0 unspecified atom stereocenters. The summed E-state index contributed by atoms with van der Waals surface area (Å²) in [5.74, 6) is 0.580. The number of anilines is 1. The highest BCUT2D eigenvalue weighted by molar-refractivity contribution is 5.83. The van der Waals surface area contributed by atoms with Crippen LogP contribution in [-0.4, -0.2) is 16.0 Å². The number of benzene rings is 1. The van der Waals surface area contributed by atoms with Gasteiger partial charge in [0.2, 0.25) is 6.41 Å². The fourth-order valence-corrected chi connectivity index (χ4v) is 2.99. The number of rotatable bonds is 6. The molecule has 2 heterocycles. The third kappa shape index (κ3) is 3.25. The van der Waals surface area contributed by atoms with Gasteiger partial charge in [-0.25, -0.2) is 0 Å². The lowest BCUT2D eigenvalue weighted by Gasteiger charge is -2.07. The van der Waals surface area contributed by atoms with Crippen LogP contribution in [-0.2, 0) is 17.8 Å². The molecule has 0 aliphatic carbocycles. The molecule has 0 aliphatic heterocycles. The minimum Gasteiger partial charge on any atom is -0.357 e. The first-order valence-corrected chi connectivity index (χ1v) is 8.07. The van der Waals surface area contributed by atoms with Crippen molar-refractivity contribution in [3.63, 3.8) is 0 Å². The van der Waals surface area contributed by atoms with Gasteiger partial charge in [0.1, 0.15) is 5.69 Å². The number of nitrogens with one attached hydrogen (secondary N) is 2. The van der Waals surface area contributed by atoms with Gasteiger partial charge in [0.25, 0.3) is 5.56 Å². The molecule has 1 aromatic carbocycles. The third-order valence-electron chi connectivity index (χ3n) is 4.00. The summed E-state index contributed by atoms with van der Waals surface area (Å²) in [6.45, 7) is 4.84. The van der Waals surface area contributed by atoms with E-state index in [1.54, 1.807) is 22.9 Å². The number of H-pyrrole nitrogens is 1. The van der Waals surface area contributed by atoms with Crippen molar-refractivity contribution in [2.45, 2.75) is 26.8 Å². The Morgan fingerprint density at radius 2 is 2.08 bits per heavy atom. The minimum atomic E-state index is -0.217. The van der Waals surface area contributed by atoms with Crippen molar-refractivity contribution >= 4 is 23.0 Å². The number of para-hydroxylation sites is 1. The van der Waals surface area contributed by atoms with E-state index in [9.17, 15) is 9.59 Å². The van der Waals surface area contributed by atoms with E-state index < -0.39 is 0 Å². The maximum atomic E-state index is 12.3. The Morgan fingerprint density at radius 1 is 1.25 bits per heavy atom. The molecular formula is C19H21N3O2. The third-order valence-corrected chi connectivity index (χ3v) is 4.00. The van der Waals surface area contributed by atoms with Crippen LogP contribution in [0, 0.1) is 5.92 Å². The van der Waals surface area contributed by atoms with Crippen LogP contribution in [0.1, 0.15) is 25.1 Å². The van der Waals surface area contributed by atoms with Gasteiger partial charge in [0.15, 0.2) is 0 Å². The van der Waals surface area contributed by atoms with Crippen LogP contribution in [0.15, 0.2) is 47.4 Å². The van der Waals surface area contributed by atoms with Gasteiger partial charge in [-0.2, -0.15) is 0 Å². The predicted octanol–water partition coefficient (Wildman–Crippen LogP) is 3.14. The SMILES string of the molecule is CC(C)Cc1cccc2cc(Cn3cccc(NC=O)c3=O)[nH]c12. The van der Waals surface area contributed by atoms with E-state index in [1.807, 2.05) is 0 Å². The number of hydrogen-bond acceptors (Lipinski definition) is 2. The molecule has 0 saturated carbocycles. The predicted molar refractivity (Wildman–Crippen MR) is 96.3 cm³/mol. The summed E-state index contributed by atoms with van der Waals surface area (Å²) < 4.78 is 1.58. The van der Waals surface area contributed by atoms with Gasteiger partial charge in [0, 0.05) is 17.4 Å². The van der Waals surface area contributed by atoms with E-state index in [2.05, 4.69) is 48.4 Å². The highest BCUT2D eigenvalue weighted by Gasteiger charge is 2.09. The van der Waals surface area contributed by atoms with E-state index in [0.29, 0.717) is 18.9 Å². The molecule has 0 spiro atoms. The second-order valence-corrected chi connectivity index (χ2v) is 6.39. The van der Waals surface area contributed by atoms with Crippen LogP contribution in [0.4, 0.5) is 5.69 Å². The molecule has 0 radical (unpaired) electrons. The first-order valence-electron chi connectivity index (χ1n) is 8.07. The molecule has 24 heavy (non-hydrogen) atoms. The molecule has 124 valence electrons. The number of aromatic amines is 1. The summed E-state index contributed by atoms with van der Waals surface area (Å²) in [6, 6.07) is 11.7. The first kappa shape index (κ1) is 16.1. The largest absolute Gasteiger partial charge is 0.357 e. The van der Waals surface area contributed by atoms with E-state index in [-0.39, 0.29) is 11.2 Å². The lowest BCUT2D eigenvalue weighted by atomic mass is 10.0. The van der Waals surface area contributed by atoms with Crippen molar-refractivity contribution in [3.05, 3.63) is 64.2 Å². The molecule has 0 atom stereocenters. The summed E-state index contributed by atoms with van der Waals surface area (Å²) in [5, 5.41) is 3.59. The van der Waals surface area contributed by atoms with Crippen molar-refractivity contribution in [2.75, 3.05) is 5.32 Å². The summed E-state index contributed by atoms with van der Waals surface area (Å²) in [5.41, 5.74) is 3.45. The normalized spacial score (nSPS) is 11.1. The number of carbonyl (C=O) groups is 1. The molecule has 0 fully saturated rings. The van der Waals surface area contributed by atoms with Crippen molar-refractivity contribution in [2.24, 2.45) is 5.92 Å². The number of nitrogens with zero attached hydrogens (tertiary/aromatic N) is 1. The Labute approximate surface area is 140 Å². The molecule has 2 N–H and O–H groups in total. The number of hydrogen-bond donors (Lipinski definition) is 2. The molecule has 5 heteroatoms. The number of fused-ring (bicyclic) bond motifs is 1. The highest BCUT2D eigenvalue weighted by Crippen LogP contribution is 2.22.